The summed E-state index contributed by atoms with van der Waals surface area (Å²) in [6.07, 6.45) is -7.39. The molecule has 2 aromatic heterocycles. The maximum absolute atomic E-state index is 12.7. The number of rotatable bonds is 6. The standard InChI is InChI=1S/C19H20F3N5O2S/c1-11-8-12(2)27-17(23-11)24-18(25-27)30-10-13-6-4-5-7-14(13)16(29)26(3)9-15(28)19(20,21)22/h4-8,15,28H,9-10H2,1-3H3/t15-/m0/s1. The van der Waals surface area contributed by atoms with Gasteiger partial charge in [-0.05, 0) is 31.5 Å². The molecule has 0 radical (unpaired) electrons. The van der Waals surface area contributed by atoms with Crippen LogP contribution >= 0.6 is 11.8 Å². The van der Waals surface area contributed by atoms with Crippen molar-refractivity contribution in [2.24, 2.45) is 0 Å². The van der Waals surface area contributed by atoms with E-state index in [1.165, 1.54) is 18.8 Å². The number of aliphatic hydroxyl groups excluding tert-OH is 1. The van der Waals surface area contributed by atoms with E-state index in [9.17, 15) is 23.1 Å². The Kier molecular flexibility index (Phi) is 6.32. The van der Waals surface area contributed by atoms with Crippen molar-refractivity contribution < 1.29 is 23.1 Å². The molecule has 0 aliphatic heterocycles. The second kappa shape index (κ2) is 8.60. The van der Waals surface area contributed by atoms with Gasteiger partial charge in [0.25, 0.3) is 11.7 Å². The van der Waals surface area contributed by atoms with Crippen LogP contribution in [0.3, 0.4) is 0 Å². The van der Waals surface area contributed by atoms with Crippen LogP contribution in [-0.2, 0) is 5.75 Å². The van der Waals surface area contributed by atoms with Crippen molar-refractivity contribution in [2.75, 3.05) is 13.6 Å². The Morgan fingerprint density at radius 3 is 2.67 bits per heavy atom. The SMILES string of the molecule is Cc1cc(C)n2nc(SCc3ccccc3C(=O)N(C)C[C@H](O)C(F)(F)F)nc2n1. The molecular formula is C19H20F3N5O2S. The molecule has 0 spiro atoms. The Hall–Kier alpha value is -2.66. The van der Waals surface area contributed by atoms with Gasteiger partial charge in [-0.2, -0.15) is 18.2 Å². The third kappa shape index (κ3) is 4.90. The van der Waals surface area contributed by atoms with Crippen LogP contribution in [0.1, 0.15) is 27.3 Å². The Morgan fingerprint density at radius 2 is 1.97 bits per heavy atom. The Balaban J connectivity index is 1.75. The third-order valence-electron chi connectivity index (χ3n) is 4.37. The average Bonchev–Trinajstić information content (AvgIpc) is 3.08. The van der Waals surface area contributed by atoms with Gasteiger partial charge in [0, 0.05) is 29.8 Å². The number of carbonyl (C=O) groups excluding carboxylic acids is 1. The summed E-state index contributed by atoms with van der Waals surface area (Å²) < 4.78 is 39.4. The number of carbonyl (C=O) groups is 1. The van der Waals surface area contributed by atoms with E-state index in [0.717, 1.165) is 16.3 Å². The van der Waals surface area contributed by atoms with Gasteiger partial charge >= 0.3 is 6.18 Å². The van der Waals surface area contributed by atoms with Crippen molar-refractivity contribution in [1.29, 1.82) is 0 Å². The molecular weight excluding hydrogens is 419 g/mol. The first-order chi connectivity index (χ1) is 14.1. The normalized spacial score (nSPS) is 12.9. The van der Waals surface area contributed by atoms with Gasteiger partial charge in [-0.25, -0.2) is 9.50 Å². The summed E-state index contributed by atoms with van der Waals surface area (Å²) >= 11 is 1.29. The lowest BCUT2D eigenvalue weighted by Crippen LogP contribution is -2.42. The van der Waals surface area contributed by atoms with Crippen LogP contribution in [0.25, 0.3) is 5.78 Å². The van der Waals surface area contributed by atoms with Crippen LogP contribution in [0.2, 0.25) is 0 Å². The molecule has 3 aromatic rings. The number of amides is 1. The van der Waals surface area contributed by atoms with Crippen molar-refractivity contribution in [2.45, 2.75) is 37.0 Å². The highest BCUT2D eigenvalue weighted by molar-refractivity contribution is 7.98. The zero-order valence-electron chi connectivity index (χ0n) is 16.5. The monoisotopic (exact) mass is 439 g/mol. The summed E-state index contributed by atoms with van der Waals surface area (Å²) in [5.74, 6) is 0.206. The number of hydrogen-bond acceptors (Lipinski definition) is 6. The molecule has 3 rings (SSSR count). The topological polar surface area (TPSA) is 83.6 Å². The van der Waals surface area contributed by atoms with E-state index in [0.29, 0.717) is 22.3 Å². The number of halogens is 3. The van der Waals surface area contributed by atoms with E-state index in [4.69, 9.17) is 0 Å². The van der Waals surface area contributed by atoms with Crippen molar-refractivity contribution in [3.8, 4) is 0 Å². The molecule has 1 amide bonds. The Bertz CT molecular complexity index is 1070. The number of aliphatic hydroxyl groups is 1. The van der Waals surface area contributed by atoms with Crippen LogP contribution in [0, 0.1) is 13.8 Å². The van der Waals surface area contributed by atoms with E-state index >= 15 is 0 Å². The molecule has 0 saturated carbocycles. The van der Waals surface area contributed by atoms with Crippen LogP contribution in [0.4, 0.5) is 13.2 Å². The Labute approximate surface area is 174 Å². The van der Waals surface area contributed by atoms with Crippen molar-refractivity contribution >= 4 is 23.4 Å². The van der Waals surface area contributed by atoms with Gasteiger partial charge in [0.1, 0.15) is 0 Å². The highest BCUT2D eigenvalue weighted by Gasteiger charge is 2.39. The summed E-state index contributed by atoms with van der Waals surface area (Å²) in [5, 5.41) is 14.1. The molecule has 1 N–H and O–H groups in total. The lowest BCUT2D eigenvalue weighted by atomic mass is 10.1. The molecule has 11 heteroatoms. The maximum atomic E-state index is 12.7. The highest BCUT2D eigenvalue weighted by Crippen LogP contribution is 2.25. The number of thioether (sulfide) groups is 1. The largest absolute Gasteiger partial charge is 0.416 e. The molecule has 30 heavy (non-hydrogen) atoms. The van der Waals surface area contributed by atoms with Crippen molar-refractivity contribution in [3.05, 3.63) is 52.8 Å². The molecule has 0 bridgehead atoms. The fourth-order valence-electron chi connectivity index (χ4n) is 2.86. The molecule has 160 valence electrons. The first-order valence-corrected chi connectivity index (χ1v) is 9.97. The summed E-state index contributed by atoms with van der Waals surface area (Å²) in [6.45, 7) is 2.91. The molecule has 2 heterocycles. The lowest BCUT2D eigenvalue weighted by Gasteiger charge is -2.23. The first kappa shape index (κ1) is 22.0. The maximum Gasteiger partial charge on any atom is 0.416 e. The van der Waals surface area contributed by atoms with E-state index in [2.05, 4.69) is 15.1 Å². The molecule has 0 aliphatic carbocycles. The van der Waals surface area contributed by atoms with Gasteiger partial charge < -0.3 is 10.0 Å². The fraction of sp³-hybridized carbons (Fsp3) is 0.368. The number of aromatic nitrogens is 4. The zero-order chi connectivity index (χ0) is 22.1. The molecule has 1 aromatic carbocycles. The summed E-state index contributed by atoms with van der Waals surface area (Å²) in [4.78, 5) is 22.2. The van der Waals surface area contributed by atoms with E-state index in [1.54, 1.807) is 28.8 Å². The van der Waals surface area contributed by atoms with E-state index in [1.807, 2.05) is 19.9 Å². The lowest BCUT2D eigenvalue weighted by molar-refractivity contribution is -0.205. The van der Waals surface area contributed by atoms with Crippen LogP contribution in [-0.4, -0.2) is 61.4 Å². The summed E-state index contributed by atoms with van der Waals surface area (Å²) in [5.41, 5.74) is 2.60. The van der Waals surface area contributed by atoms with Crippen LogP contribution in [0.5, 0.6) is 0 Å². The average molecular weight is 439 g/mol. The number of likely N-dealkylation sites (N-methyl/N-ethyl adjacent to an activating group) is 1. The first-order valence-electron chi connectivity index (χ1n) is 8.98. The van der Waals surface area contributed by atoms with Gasteiger partial charge in [-0.3, -0.25) is 4.79 Å². The van der Waals surface area contributed by atoms with Gasteiger partial charge in [-0.15, -0.1) is 5.10 Å². The number of fused-ring (bicyclic) bond motifs is 1. The van der Waals surface area contributed by atoms with Gasteiger partial charge in [0.15, 0.2) is 6.10 Å². The smallest absolute Gasteiger partial charge is 0.382 e. The summed E-state index contributed by atoms with van der Waals surface area (Å²) in [6, 6.07) is 8.52. The number of benzene rings is 1. The van der Waals surface area contributed by atoms with Gasteiger partial charge in [-0.1, -0.05) is 30.0 Å². The van der Waals surface area contributed by atoms with Gasteiger partial charge in [0.05, 0.1) is 6.54 Å². The number of nitrogens with zero attached hydrogens (tertiary/aromatic N) is 5. The second-order valence-electron chi connectivity index (χ2n) is 6.83. The van der Waals surface area contributed by atoms with Crippen LogP contribution < -0.4 is 0 Å². The van der Waals surface area contributed by atoms with E-state index < -0.39 is 24.7 Å². The molecule has 1 atom stereocenters. The molecule has 0 fully saturated rings. The highest BCUT2D eigenvalue weighted by atomic mass is 32.2. The van der Waals surface area contributed by atoms with Crippen LogP contribution in [0.15, 0.2) is 35.5 Å². The molecule has 0 aliphatic rings. The minimum Gasteiger partial charge on any atom is -0.382 e. The fourth-order valence-corrected chi connectivity index (χ4v) is 3.68. The quantitative estimate of drug-likeness (QED) is 0.595. The van der Waals surface area contributed by atoms with Gasteiger partial charge in [0.2, 0.25) is 5.16 Å². The molecule has 7 nitrogen and oxygen atoms in total. The molecule has 0 saturated heterocycles. The Morgan fingerprint density at radius 1 is 1.27 bits per heavy atom. The number of aryl methyl sites for hydroxylation is 2. The zero-order valence-corrected chi connectivity index (χ0v) is 17.3. The molecule has 0 unspecified atom stereocenters. The predicted molar refractivity (Wildman–Crippen MR) is 105 cm³/mol. The van der Waals surface area contributed by atoms with Crippen molar-refractivity contribution in [1.82, 2.24) is 24.5 Å². The van der Waals surface area contributed by atoms with E-state index in [-0.39, 0.29) is 5.56 Å². The third-order valence-corrected chi connectivity index (χ3v) is 5.26. The predicted octanol–water partition coefficient (Wildman–Crippen LogP) is 3.03. The minimum atomic E-state index is -4.79. The summed E-state index contributed by atoms with van der Waals surface area (Å²) in [7, 11) is 1.22. The number of alkyl halides is 3. The van der Waals surface area contributed by atoms with Crippen molar-refractivity contribution in [3.63, 3.8) is 0 Å². The minimum absolute atomic E-state index is 0.260. The number of hydrogen-bond donors (Lipinski definition) is 1. The second-order valence-corrected chi connectivity index (χ2v) is 7.78.